The van der Waals surface area contributed by atoms with Gasteiger partial charge in [0.05, 0.1) is 10.4 Å². The van der Waals surface area contributed by atoms with Gasteiger partial charge in [0.2, 0.25) is 5.88 Å². The molecule has 8 heteroatoms. The van der Waals surface area contributed by atoms with E-state index in [0.717, 1.165) is 54.1 Å². The molecule has 1 saturated heterocycles. The van der Waals surface area contributed by atoms with Crippen LogP contribution >= 0.6 is 22.9 Å². The van der Waals surface area contributed by atoms with Gasteiger partial charge in [-0.25, -0.2) is 0 Å². The number of rotatable bonds is 7. The molecule has 1 aliphatic heterocycles. The minimum atomic E-state index is -0.256. The number of benzene rings is 2. The summed E-state index contributed by atoms with van der Waals surface area (Å²) in [6.45, 7) is 2.45. The van der Waals surface area contributed by atoms with Crippen LogP contribution in [0.5, 0.6) is 5.88 Å². The lowest BCUT2D eigenvalue weighted by Gasteiger charge is -2.30. The van der Waals surface area contributed by atoms with Crippen LogP contribution in [0.4, 0.5) is 5.69 Å². The molecule has 4 rings (SSSR count). The molecule has 2 heterocycles. The van der Waals surface area contributed by atoms with Crippen molar-refractivity contribution in [3.8, 4) is 5.88 Å². The molecule has 3 N–H and O–H groups in total. The lowest BCUT2D eigenvalue weighted by atomic mass is 10.1. The summed E-state index contributed by atoms with van der Waals surface area (Å²) >= 11 is 7.20. The molecule has 0 saturated carbocycles. The van der Waals surface area contributed by atoms with Crippen LogP contribution in [0.3, 0.4) is 0 Å². The van der Waals surface area contributed by atoms with Crippen LogP contribution in [0, 0.1) is 0 Å². The zero-order chi connectivity index (χ0) is 22.5. The minimum absolute atomic E-state index is 0.0586. The van der Waals surface area contributed by atoms with Crippen molar-refractivity contribution in [2.24, 2.45) is 0 Å². The van der Waals surface area contributed by atoms with Gasteiger partial charge in [0.25, 0.3) is 5.91 Å². The summed E-state index contributed by atoms with van der Waals surface area (Å²) in [5.74, 6) is -0.167. The maximum absolute atomic E-state index is 12.9. The number of nitrogens with one attached hydrogen (secondary N) is 2. The predicted octanol–water partition coefficient (Wildman–Crippen LogP) is 4.35. The number of hydrogen-bond acceptors (Lipinski definition) is 5. The number of anilines is 1. The van der Waals surface area contributed by atoms with Gasteiger partial charge >= 0.3 is 4.87 Å². The Morgan fingerprint density at radius 3 is 2.50 bits per heavy atom. The van der Waals surface area contributed by atoms with E-state index in [1.54, 1.807) is 6.07 Å². The standard InChI is InChI=1S/C24H26ClN3O3S/c25-18-8-9-20(28-12-2-1-3-13-28)19(15-18)22(29)26-11-10-16-4-6-17(7-5-16)14-21-23(30)27-24(31)32-21/h4-9,15,30H,1-3,10-14H2,(H,26,29)(H,27,31). The number of aromatic hydroxyl groups is 1. The van der Waals surface area contributed by atoms with Gasteiger partial charge in [-0.3, -0.25) is 14.6 Å². The Kier molecular flexibility index (Phi) is 7.17. The van der Waals surface area contributed by atoms with Crippen molar-refractivity contribution in [1.82, 2.24) is 10.3 Å². The molecule has 6 nitrogen and oxygen atoms in total. The first-order valence-corrected chi connectivity index (χ1v) is 12.0. The quantitative estimate of drug-likeness (QED) is 0.478. The fourth-order valence-electron chi connectivity index (χ4n) is 4.00. The Labute approximate surface area is 195 Å². The van der Waals surface area contributed by atoms with Gasteiger partial charge in [-0.1, -0.05) is 47.2 Å². The van der Waals surface area contributed by atoms with Crippen molar-refractivity contribution in [3.63, 3.8) is 0 Å². The van der Waals surface area contributed by atoms with E-state index in [1.807, 2.05) is 36.4 Å². The van der Waals surface area contributed by atoms with Crippen molar-refractivity contribution in [2.75, 3.05) is 24.5 Å². The van der Waals surface area contributed by atoms with Crippen LogP contribution in [0.2, 0.25) is 5.02 Å². The Morgan fingerprint density at radius 1 is 1.09 bits per heavy atom. The molecule has 168 valence electrons. The molecular weight excluding hydrogens is 446 g/mol. The van der Waals surface area contributed by atoms with Gasteiger partial charge in [0, 0.05) is 36.8 Å². The van der Waals surface area contributed by atoms with E-state index < -0.39 is 0 Å². The van der Waals surface area contributed by atoms with Crippen molar-refractivity contribution in [3.05, 3.63) is 78.7 Å². The number of aromatic amines is 1. The van der Waals surface area contributed by atoms with Gasteiger partial charge in [-0.05, 0) is 55.0 Å². The second-order valence-electron chi connectivity index (χ2n) is 7.99. The van der Waals surface area contributed by atoms with Crippen LogP contribution in [0.15, 0.2) is 47.3 Å². The second kappa shape index (κ2) is 10.2. The largest absolute Gasteiger partial charge is 0.494 e. The Hall–Kier alpha value is -2.77. The van der Waals surface area contributed by atoms with Crippen LogP contribution in [0.25, 0.3) is 0 Å². The molecule has 1 fully saturated rings. The summed E-state index contributed by atoms with van der Waals surface area (Å²) in [7, 11) is 0. The number of nitrogens with zero attached hydrogens (tertiary/aromatic N) is 1. The van der Waals surface area contributed by atoms with E-state index in [-0.39, 0.29) is 16.7 Å². The van der Waals surface area contributed by atoms with Gasteiger partial charge in [-0.2, -0.15) is 0 Å². The molecular formula is C24H26ClN3O3S. The summed E-state index contributed by atoms with van der Waals surface area (Å²) in [5, 5.41) is 13.3. The third-order valence-corrected chi connectivity index (χ3v) is 6.79. The molecule has 0 bridgehead atoms. The molecule has 1 aliphatic rings. The smallest absolute Gasteiger partial charge is 0.307 e. The monoisotopic (exact) mass is 471 g/mol. The number of aromatic nitrogens is 1. The highest BCUT2D eigenvalue weighted by Crippen LogP contribution is 2.27. The van der Waals surface area contributed by atoms with Gasteiger partial charge < -0.3 is 15.3 Å². The van der Waals surface area contributed by atoms with Gasteiger partial charge in [0.15, 0.2) is 0 Å². The first-order valence-electron chi connectivity index (χ1n) is 10.8. The van der Waals surface area contributed by atoms with E-state index >= 15 is 0 Å². The highest BCUT2D eigenvalue weighted by atomic mass is 35.5. The van der Waals surface area contributed by atoms with Crippen molar-refractivity contribution in [2.45, 2.75) is 32.1 Å². The fraction of sp³-hybridized carbons (Fsp3) is 0.333. The van der Waals surface area contributed by atoms with Crippen LogP contribution in [0.1, 0.15) is 45.6 Å². The topological polar surface area (TPSA) is 85.4 Å². The molecule has 0 spiro atoms. The molecule has 0 aliphatic carbocycles. The summed E-state index contributed by atoms with van der Waals surface area (Å²) in [5.41, 5.74) is 3.68. The lowest BCUT2D eigenvalue weighted by molar-refractivity contribution is 0.0954. The first kappa shape index (κ1) is 22.4. The molecule has 0 unspecified atom stereocenters. The molecule has 0 radical (unpaired) electrons. The highest BCUT2D eigenvalue weighted by molar-refractivity contribution is 7.09. The van der Waals surface area contributed by atoms with E-state index in [2.05, 4.69) is 15.2 Å². The lowest BCUT2D eigenvalue weighted by Crippen LogP contribution is -2.33. The first-order chi connectivity index (χ1) is 15.5. The number of hydrogen-bond donors (Lipinski definition) is 3. The zero-order valence-corrected chi connectivity index (χ0v) is 19.3. The molecule has 32 heavy (non-hydrogen) atoms. The number of carbonyl (C=O) groups is 1. The summed E-state index contributed by atoms with van der Waals surface area (Å²) in [6.07, 6.45) is 4.72. The number of H-pyrrole nitrogens is 1. The molecule has 1 amide bonds. The summed E-state index contributed by atoms with van der Waals surface area (Å²) < 4.78 is 0. The van der Waals surface area contributed by atoms with Crippen LogP contribution in [-0.4, -0.2) is 35.6 Å². The summed E-state index contributed by atoms with van der Waals surface area (Å²) in [4.78, 5) is 29.2. The number of carbonyl (C=O) groups excluding carboxylic acids is 1. The van der Waals surface area contributed by atoms with E-state index in [1.165, 1.54) is 6.42 Å². The highest BCUT2D eigenvalue weighted by Gasteiger charge is 2.19. The van der Waals surface area contributed by atoms with E-state index in [9.17, 15) is 14.7 Å². The maximum Gasteiger partial charge on any atom is 0.307 e. The predicted molar refractivity (Wildman–Crippen MR) is 129 cm³/mol. The van der Waals surface area contributed by atoms with Crippen molar-refractivity contribution < 1.29 is 9.90 Å². The third kappa shape index (κ3) is 5.53. The second-order valence-corrected chi connectivity index (χ2v) is 9.50. The van der Waals surface area contributed by atoms with Crippen LogP contribution < -0.4 is 15.1 Å². The molecule has 1 aromatic heterocycles. The number of halogens is 1. The fourth-order valence-corrected chi connectivity index (χ4v) is 4.93. The average molecular weight is 472 g/mol. The zero-order valence-electron chi connectivity index (χ0n) is 17.7. The van der Waals surface area contributed by atoms with E-state index in [0.29, 0.717) is 34.8 Å². The van der Waals surface area contributed by atoms with Gasteiger partial charge in [0.1, 0.15) is 0 Å². The average Bonchev–Trinajstić information content (AvgIpc) is 3.11. The molecule has 0 atom stereocenters. The minimum Gasteiger partial charge on any atom is -0.494 e. The van der Waals surface area contributed by atoms with Crippen molar-refractivity contribution >= 4 is 34.5 Å². The summed E-state index contributed by atoms with van der Waals surface area (Å²) in [6, 6.07) is 13.5. The van der Waals surface area contributed by atoms with Crippen LogP contribution in [-0.2, 0) is 12.8 Å². The van der Waals surface area contributed by atoms with Gasteiger partial charge in [-0.15, -0.1) is 0 Å². The third-order valence-electron chi connectivity index (χ3n) is 5.69. The SMILES string of the molecule is O=C(NCCc1ccc(Cc2sc(=O)[nH]c2O)cc1)c1cc(Cl)ccc1N1CCCCC1. The number of amides is 1. The Morgan fingerprint density at radius 2 is 1.81 bits per heavy atom. The van der Waals surface area contributed by atoms with Crippen molar-refractivity contribution in [1.29, 1.82) is 0 Å². The van der Waals surface area contributed by atoms with E-state index in [4.69, 9.17) is 11.6 Å². The maximum atomic E-state index is 12.9. The Bertz CT molecular complexity index is 1130. The number of piperidine rings is 1. The molecule has 3 aromatic rings. The number of thiazole rings is 1. The normalized spacial score (nSPS) is 13.8. The molecule has 2 aromatic carbocycles. The Balaban J connectivity index is 1.34.